The van der Waals surface area contributed by atoms with E-state index >= 15 is 0 Å². The number of rotatable bonds is 3. The zero-order valence-corrected chi connectivity index (χ0v) is 12.1. The Kier molecular flexibility index (Phi) is 3.40. The third kappa shape index (κ3) is 2.90. The van der Waals surface area contributed by atoms with Crippen LogP contribution in [0.1, 0.15) is 29.0 Å². The van der Waals surface area contributed by atoms with E-state index in [1.165, 1.54) is 10.6 Å². The van der Waals surface area contributed by atoms with Gasteiger partial charge in [0, 0.05) is 12.6 Å². The molecule has 1 N–H and O–H groups in total. The summed E-state index contributed by atoms with van der Waals surface area (Å²) in [4.78, 5) is 15.4. The molecule has 1 fully saturated rings. The summed E-state index contributed by atoms with van der Waals surface area (Å²) in [6.45, 7) is 0. The average molecular weight is 309 g/mol. The summed E-state index contributed by atoms with van der Waals surface area (Å²) in [7, 11) is -2.87. The maximum absolute atomic E-state index is 11.4. The van der Waals surface area contributed by atoms with Crippen molar-refractivity contribution >= 4 is 21.5 Å². The molecular weight excluding hydrogens is 294 g/mol. The fourth-order valence-corrected chi connectivity index (χ4v) is 4.19. The first-order valence-corrected chi connectivity index (χ1v) is 8.55. The number of aromatic nitrogens is 3. The Morgan fingerprint density at radius 2 is 2.10 bits per heavy atom. The summed E-state index contributed by atoms with van der Waals surface area (Å²) in [6, 6.07) is 3.10. The lowest BCUT2D eigenvalue weighted by atomic mass is 9.99. The first kappa shape index (κ1) is 14.0. The van der Waals surface area contributed by atoms with Crippen LogP contribution in [0.25, 0.3) is 5.65 Å². The van der Waals surface area contributed by atoms with Gasteiger partial charge in [0.1, 0.15) is 15.4 Å². The van der Waals surface area contributed by atoms with Gasteiger partial charge in [-0.1, -0.05) is 0 Å². The van der Waals surface area contributed by atoms with Crippen molar-refractivity contribution in [2.45, 2.75) is 19.3 Å². The number of sulfone groups is 1. The SMILES string of the molecule is O=C(O)c1cccn2nc(CC3CCS(=O)(=O)CC3)nc12. The number of carboxylic acid groups (broad SMARTS) is 1. The zero-order valence-electron chi connectivity index (χ0n) is 11.3. The summed E-state index contributed by atoms with van der Waals surface area (Å²) in [5.41, 5.74) is 0.436. The minimum atomic E-state index is -2.87. The molecular formula is C13H15N3O4S. The molecule has 21 heavy (non-hydrogen) atoms. The Morgan fingerprint density at radius 1 is 1.38 bits per heavy atom. The summed E-state index contributed by atoms with van der Waals surface area (Å²) < 4.78 is 24.3. The Hall–Kier alpha value is -1.96. The van der Waals surface area contributed by atoms with Gasteiger partial charge in [-0.05, 0) is 30.9 Å². The third-order valence-corrected chi connectivity index (χ3v) is 5.50. The molecule has 3 heterocycles. The van der Waals surface area contributed by atoms with Crippen LogP contribution in [-0.2, 0) is 16.3 Å². The molecule has 7 nitrogen and oxygen atoms in total. The Balaban J connectivity index is 1.82. The van der Waals surface area contributed by atoms with Gasteiger partial charge in [0.15, 0.2) is 11.5 Å². The molecule has 0 spiro atoms. The van der Waals surface area contributed by atoms with Crippen molar-refractivity contribution in [3.8, 4) is 0 Å². The van der Waals surface area contributed by atoms with E-state index < -0.39 is 15.8 Å². The van der Waals surface area contributed by atoms with Crippen molar-refractivity contribution in [1.82, 2.24) is 14.6 Å². The van der Waals surface area contributed by atoms with Crippen LogP contribution in [-0.4, -0.2) is 45.6 Å². The fourth-order valence-electron chi connectivity index (χ4n) is 2.61. The Bertz CT molecular complexity index is 783. The number of carbonyl (C=O) groups is 1. The van der Waals surface area contributed by atoms with Crippen LogP contribution in [0.3, 0.4) is 0 Å². The van der Waals surface area contributed by atoms with Crippen LogP contribution in [0.5, 0.6) is 0 Å². The summed E-state index contributed by atoms with van der Waals surface area (Å²) in [5.74, 6) is 0.187. The normalized spacial score (nSPS) is 18.9. The lowest BCUT2D eigenvalue weighted by Gasteiger charge is -2.20. The van der Waals surface area contributed by atoms with Gasteiger partial charge >= 0.3 is 5.97 Å². The highest BCUT2D eigenvalue weighted by atomic mass is 32.2. The van der Waals surface area contributed by atoms with E-state index in [-0.39, 0.29) is 23.0 Å². The quantitative estimate of drug-likeness (QED) is 0.899. The van der Waals surface area contributed by atoms with Crippen molar-refractivity contribution in [1.29, 1.82) is 0 Å². The van der Waals surface area contributed by atoms with E-state index in [4.69, 9.17) is 5.11 Å². The van der Waals surface area contributed by atoms with Crippen LogP contribution in [0.2, 0.25) is 0 Å². The second-order valence-corrected chi connectivity index (χ2v) is 7.63. The number of hydrogen-bond acceptors (Lipinski definition) is 5. The second-order valence-electron chi connectivity index (χ2n) is 5.32. The number of carboxylic acids is 1. The van der Waals surface area contributed by atoms with Gasteiger partial charge < -0.3 is 5.11 Å². The van der Waals surface area contributed by atoms with E-state index in [1.54, 1.807) is 12.3 Å². The Labute approximate surface area is 121 Å². The van der Waals surface area contributed by atoms with E-state index in [0.29, 0.717) is 30.7 Å². The van der Waals surface area contributed by atoms with Gasteiger partial charge in [0.2, 0.25) is 0 Å². The first-order valence-electron chi connectivity index (χ1n) is 6.72. The van der Waals surface area contributed by atoms with E-state index in [9.17, 15) is 13.2 Å². The third-order valence-electron chi connectivity index (χ3n) is 3.78. The van der Waals surface area contributed by atoms with Crippen LogP contribution < -0.4 is 0 Å². The first-order chi connectivity index (χ1) is 9.94. The van der Waals surface area contributed by atoms with Gasteiger partial charge in [-0.3, -0.25) is 0 Å². The van der Waals surface area contributed by atoms with Gasteiger partial charge in [-0.25, -0.2) is 22.7 Å². The lowest BCUT2D eigenvalue weighted by molar-refractivity contribution is 0.0698. The molecule has 112 valence electrons. The number of pyridine rings is 1. The smallest absolute Gasteiger partial charge is 0.339 e. The minimum Gasteiger partial charge on any atom is -0.478 e. The number of aromatic carboxylic acids is 1. The molecule has 2 aromatic heterocycles. The molecule has 0 aromatic carbocycles. The maximum atomic E-state index is 11.4. The molecule has 1 aliphatic heterocycles. The lowest BCUT2D eigenvalue weighted by Crippen LogP contribution is -2.24. The topological polar surface area (TPSA) is 102 Å². The number of hydrogen-bond donors (Lipinski definition) is 1. The average Bonchev–Trinajstić information content (AvgIpc) is 2.83. The monoisotopic (exact) mass is 309 g/mol. The molecule has 2 aromatic rings. The van der Waals surface area contributed by atoms with Gasteiger partial charge in [0.05, 0.1) is 11.5 Å². The van der Waals surface area contributed by atoms with Crippen LogP contribution in [0.15, 0.2) is 18.3 Å². The number of fused-ring (bicyclic) bond motifs is 1. The molecule has 0 amide bonds. The van der Waals surface area contributed by atoms with E-state index in [2.05, 4.69) is 10.1 Å². The molecule has 0 bridgehead atoms. The van der Waals surface area contributed by atoms with Crippen molar-refractivity contribution < 1.29 is 18.3 Å². The molecule has 3 rings (SSSR count). The maximum Gasteiger partial charge on any atom is 0.339 e. The van der Waals surface area contributed by atoms with Crippen molar-refractivity contribution in [2.75, 3.05) is 11.5 Å². The van der Waals surface area contributed by atoms with Crippen molar-refractivity contribution in [2.24, 2.45) is 5.92 Å². The fraction of sp³-hybridized carbons (Fsp3) is 0.462. The Morgan fingerprint density at radius 3 is 2.76 bits per heavy atom. The second kappa shape index (κ2) is 5.10. The largest absolute Gasteiger partial charge is 0.478 e. The molecule has 0 atom stereocenters. The predicted octanol–water partition coefficient (Wildman–Crippen LogP) is 0.795. The summed E-state index contributed by atoms with van der Waals surface area (Å²) >= 11 is 0. The molecule has 0 aliphatic carbocycles. The zero-order chi connectivity index (χ0) is 15.0. The molecule has 0 radical (unpaired) electrons. The van der Waals surface area contributed by atoms with Crippen LogP contribution in [0, 0.1) is 5.92 Å². The van der Waals surface area contributed by atoms with Crippen molar-refractivity contribution in [3.05, 3.63) is 29.7 Å². The van der Waals surface area contributed by atoms with E-state index in [0.717, 1.165) is 0 Å². The van der Waals surface area contributed by atoms with Gasteiger partial charge in [-0.2, -0.15) is 5.10 Å². The van der Waals surface area contributed by atoms with Crippen molar-refractivity contribution in [3.63, 3.8) is 0 Å². The standard InChI is InChI=1S/C13H15N3O4S/c17-13(18)10-2-1-5-16-12(10)14-11(15-16)8-9-3-6-21(19,20)7-4-9/h1-2,5,9H,3-4,6-8H2,(H,17,18). The number of nitrogens with zero attached hydrogens (tertiary/aromatic N) is 3. The highest BCUT2D eigenvalue weighted by Gasteiger charge is 2.25. The van der Waals surface area contributed by atoms with Crippen LogP contribution >= 0.6 is 0 Å². The highest BCUT2D eigenvalue weighted by Crippen LogP contribution is 2.22. The minimum absolute atomic E-state index is 0.113. The molecule has 1 aliphatic rings. The summed E-state index contributed by atoms with van der Waals surface area (Å²) in [5, 5.41) is 13.4. The summed E-state index contributed by atoms with van der Waals surface area (Å²) in [6.07, 6.45) is 3.47. The highest BCUT2D eigenvalue weighted by molar-refractivity contribution is 7.91. The molecule has 8 heteroatoms. The predicted molar refractivity (Wildman–Crippen MR) is 75.0 cm³/mol. The molecule has 1 saturated heterocycles. The molecule has 0 unspecified atom stereocenters. The van der Waals surface area contributed by atoms with Crippen LogP contribution in [0.4, 0.5) is 0 Å². The molecule has 0 saturated carbocycles. The van der Waals surface area contributed by atoms with Gasteiger partial charge in [0.25, 0.3) is 0 Å². The van der Waals surface area contributed by atoms with Gasteiger partial charge in [-0.15, -0.1) is 0 Å². The van der Waals surface area contributed by atoms with E-state index in [1.807, 2.05) is 0 Å².